The molecule has 0 bridgehead atoms. The highest BCUT2D eigenvalue weighted by Gasteiger charge is 2.18. The van der Waals surface area contributed by atoms with Crippen LogP contribution in [0, 0.1) is 11.6 Å². The molecule has 0 spiro atoms. The number of hydrogen-bond donors (Lipinski definition) is 1. The van der Waals surface area contributed by atoms with Crippen molar-refractivity contribution < 1.29 is 18.6 Å². The number of hydrogen-bond acceptors (Lipinski definition) is 4. The molecular formula is C15H19F2N3O2. The van der Waals surface area contributed by atoms with Gasteiger partial charge >= 0.3 is 0 Å². The third kappa shape index (κ3) is 3.61. The highest BCUT2D eigenvalue weighted by atomic mass is 19.2. The van der Waals surface area contributed by atoms with Gasteiger partial charge in [-0.05, 0) is 12.1 Å². The molecule has 1 heterocycles. The molecular weight excluding hydrogens is 292 g/mol. The number of aliphatic hydroxyl groups is 1. The molecule has 0 amide bonds. The minimum atomic E-state index is -0.924. The first kappa shape index (κ1) is 16.4. The number of benzene rings is 1. The molecule has 0 aliphatic carbocycles. The summed E-state index contributed by atoms with van der Waals surface area (Å²) in [5.41, 5.74) is 1.04. The summed E-state index contributed by atoms with van der Waals surface area (Å²) in [5, 5.41) is 9.20. The van der Waals surface area contributed by atoms with E-state index in [0.29, 0.717) is 13.1 Å². The first-order valence-corrected chi connectivity index (χ1v) is 6.86. The summed E-state index contributed by atoms with van der Waals surface area (Å²) in [7, 11) is 3.26. The average Bonchev–Trinajstić information content (AvgIpc) is 2.89. The number of halogens is 2. The first-order valence-electron chi connectivity index (χ1n) is 6.86. The Morgan fingerprint density at radius 3 is 2.68 bits per heavy atom. The van der Waals surface area contributed by atoms with Crippen molar-refractivity contribution in [2.24, 2.45) is 7.05 Å². The van der Waals surface area contributed by atoms with Crippen molar-refractivity contribution in [3.05, 3.63) is 47.5 Å². The van der Waals surface area contributed by atoms with E-state index in [2.05, 4.69) is 4.98 Å². The molecule has 2 rings (SSSR count). The zero-order valence-corrected chi connectivity index (χ0v) is 12.6. The average molecular weight is 311 g/mol. The van der Waals surface area contributed by atoms with Crippen molar-refractivity contribution in [1.82, 2.24) is 14.5 Å². The Balaban J connectivity index is 2.24. The number of aliphatic hydroxyl groups excluding tert-OH is 1. The second-order valence-electron chi connectivity index (χ2n) is 4.97. The predicted octanol–water partition coefficient (Wildman–Crippen LogP) is 1.70. The van der Waals surface area contributed by atoms with Crippen LogP contribution >= 0.6 is 0 Å². The lowest BCUT2D eigenvalue weighted by molar-refractivity contribution is 0.178. The number of rotatable bonds is 7. The molecule has 1 N–H and O–H groups in total. The van der Waals surface area contributed by atoms with Crippen LogP contribution in [0.1, 0.15) is 11.3 Å². The first-order chi connectivity index (χ1) is 10.6. The van der Waals surface area contributed by atoms with E-state index in [-0.39, 0.29) is 24.5 Å². The van der Waals surface area contributed by atoms with Crippen molar-refractivity contribution in [1.29, 1.82) is 0 Å². The zero-order chi connectivity index (χ0) is 16.1. The molecule has 0 fully saturated rings. The molecule has 1 aromatic heterocycles. The fourth-order valence-corrected chi connectivity index (χ4v) is 2.26. The molecule has 0 radical (unpaired) electrons. The lowest BCUT2D eigenvalue weighted by Crippen LogP contribution is -2.27. The van der Waals surface area contributed by atoms with E-state index in [0.717, 1.165) is 11.8 Å². The van der Waals surface area contributed by atoms with Crippen molar-refractivity contribution >= 4 is 0 Å². The lowest BCUT2D eigenvalue weighted by atomic mass is 10.1. The van der Waals surface area contributed by atoms with Crippen LogP contribution in [0.2, 0.25) is 0 Å². The Morgan fingerprint density at radius 2 is 2.09 bits per heavy atom. The van der Waals surface area contributed by atoms with Gasteiger partial charge in [0, 0.05) is 38.4 Å². The van der Waals surface area contributed by atoms with Crippen molar-refractivity contribution in [3.63, 3.8) is 0 Å². The van der Waals surface area contributed by atoms with Gasteiger partial charge in [0.2, 0.25) is 0 Å². The normalized spacial score (nSPS) is 11.2. The molecule has 0 saturated carbocycles. The van der Waals surface area contributed by atoms with Gasteiger partial charge in [-0.3, -0.25) is 4.90 Å². The Hall–Kier alpha value is -1.99. The summed E-state index contributed by atoms with van der Waals surface area (Å²) < 4.78 is 34.4. The zero-order valence-electron chi connectivity index (χ0n) is 12.6. The van der Waals surface area contributed by atoms with E-state index in [1.807, 2.05) is 11.6 Å². The van der Waals surface area contributed by atoms with Gasteiger partial charge in [-0.25, -0.2) is 13.8 Å². The molecule has 0 saturated heterocycles. The summed E-state index contributed by atoms with van der Waals surface area (Å²) in [6.07, 6.45) is 3.36. The second kappa shape index (κ2) is 7.33. The number of imidazole rings is 1. The van der Waals surface area contributed by atoms with Gasteiger partial charge in [0.15, 0.2) is 11.6 Å². The van der Waals surface area contributed by atoms with Gasteiger partial charge in [0.1, 0.15) is 5.75 Å². The summed E-state index contributed by atoms with van der Waals surface area (Å²) >= 11 is 0. The van der Waals surface area contributed by atoms with Crippen molar-refractivity contribution in [3.8, 4) is 5.75 Å². The van der Waals surface area contributed by atoms with E-state index in [9.17, 15) is 13.9 Å². The van der Waals surface area contributed by atoms with Crippen LogP contribution in [0.15, 0.2) is 24.7 Å². The summed E-state index contributed by atoms with van der Waals surface area (Å²) in [5.74, 6) is -1.56. The second-order valence-corrected chi connectivity index (χ2v) is 4.97. The van der Waals surface area contributed by atoms with Crippen LogP contribution in [0.4, 0.5) is 8.78 Å². The predicted molar refractivity (Wildman–Crippen MR) is 77.3 cm³/mol. The van der Waals surface area contributed by atoms with E-state index >= 15 is 0 Å². The number of nitrogens with zero attached hydrogens (tertiary/aromatic N) is 3. The summed E-state index contributed by atoms with van der Waals surface area (Å²) in [4.78, 5) is 5.83. The van der Waals surface area contributed by atoms with Crippen molar-refractivity contribution in [2.75, 3.05) is 20.3 Å². The fraction of sp³-hybridized carbons (Fsp3) is 0.400. The number of aryl methyl sites for hydroxylation is 1. The van der Waals surface area contributed by atoms with Crippen LogP contribution in [0.25, 0.3) is 0 Å². The quantitative estimate of drug-likeness (QED) is 0.845. The molecule has 0 aliphatic heterocycles. The third-order valence-electron chi connectivity index (χ3n) is 3.47. The molecule has 0 aliphatic rings. The van der Waals surface area contributed by atoms with Gasteiger partial charge in [-0.15, -0.1) is 0 Å². The van der Waals surface area contributed by atoms with Crippen LogP contribution < -0.4 is 4.74 Å². The molecule has 0 atom stereocenters. The molecule has 5 nitrogen and oxygen atoms in total. The molecule has 1 aromatic carbocycles. The molecule has 7 heteroatoms. The Kier molecular flexibility index (Phi) is 5.46. The minimum absolute atomic E-state index is 0.0862. The van der Waals surface area contributed by atoms with Crippen LogP contribution in [-0.4, -0.2) is 39.8 Å². The van der Waals surface area contributed by atoms with E-state index in [4.69, 9.17) is 4.74 Å². The standard InChI is InChI=1S/C15H19F2N3O2/c1-19-10-18-7-11(19)8-20(5-6-21)9-12-14(22-2)4-3-13(16)15(12)17/h3-4,7,10,21H,5-6,8-9H2,1-2H3. The van der Waals surface area contributed by atoms with Crippen molar-refractivity contribution in [2.45, 2.75) is 13.1 Å². The highest BCUT2D eigenvalue weighted by Crippen LogP contribution is 2.25. The summed E-state index contributed by atoms with van der Waals surface area (Å²) in [6.45, 7) is 0.816. The Morgan fingerprint density at radius 1 is 1.32 bits per heavy atom. The van der Waals surface area contributed by atoms with Gasteiger partial charge in [0.05, 0.1) is 25.7 Å². The smallest absolute Gasteiger partial charge is 0.167 e. The highest BCUT2D eigenvalue weighted by molar-refractivity contribution is 5.35. The van der Waals surface area contributed by atoms with E-state index in [1.165, 1.54) is 13.2 Å². The van der Waals surface area contributed by atoms with E-state index < -0.39 is 11.6 Å². The molecule has 120 valence electrons. The largest absolute Gasteiger partial charge is 0.496 e. The molecule has 0 unspecified atom stereocenters. The van der Waals surface area contributed by atoms with Gasteiger partial charge in [-0.1, -0.05) is 0 Å². The van der Waals surface area contributed by atoms with Crippen LogP contribution in [-0.2, 0) is 20.1 Å². The van der Waals surface area contributed by atoms with Gasteiger partial charge in [0.25, 0.3) is 0 Å². The SMILES string of the molecule is COc1ccc(F)c(F)c1CN(CCO)Cc1cncn1C. The topological polar surface area (TPSA) is 50.5 Å². The van der Waals surface area contributed by atoms with Crippen LogP contribution in [0.5, 0.6) is 5.75 Å². The maximum absolute atomic E-state index is 14.0. The lowest BCUT2D eigenvalue weighted by Gasteiger charge is -2.23. The Bertz CT molecular complexity index is 631. The molecule has 22 heavy (non-hydrogen) atoms. The minimum Gasteiger partial charge on any atom is -0.496 e. The monoisotopic (exact) mass is 311 g/mol. The van der Waals surface area contributed by atoms with Gasteiger partial charge in [-0.2, -0.15) is 0 Å². The number of ether oxygens (including phenoxy) is 1. The van der Waals surface area contributed by atoms with Gasteiger partial charge < -0.3 is 14.4 Å². The number of aromatic nitrogens is 2. The molecule has 2 aromatic rings. The van der Waals surface area contributed by atoms with E-state index in [1.54, 1.807) is 17.4 Å². The van der Waals surface area contributed by atoms with Crippen LogP contribution in [0.3, 0.4) is 0 Å². The number of methoxy groups -OCH3 is 1. The third-order valence-corrected chi connectivity index (χ3v) is 3.47. The maximum atomic E-state index is 14.0. The fourth-order valence-electron chi connectivity index (χ4n) is 2.26. The maximum Gasteiger partial charge on any atom is 0.167 e. The Labute approximate surface area is 127 Å². The summed E-state index contributed by atoms with van der Waals surface area (Å²) in [6, 6.07) is 2.43.